The smallest absolute Gasteiger partial charge is 0.399 e. The predicted octanol–water partition coefficient (Wildman–Crippen LogP) is 2.82. The zero-order valence-electron chi connectivity index (χ0n) is 12.2. The van der Waals surface area contributed by atoms with Crippen molar-refractivity contribution in [2.75, 3.05) is 0 Å². The largest absolute Gasteiger partial charge is 0.496 e. The Labute approximate surface area is 121 Å². The third-order valence-corrected chi connectivity index (χ3v) is 4.06. The van der Waals surface area contributed by atoms with Crippen LogP contribution < -0.4 is 5.46 Å². The molecule has 0 N–H and O–H groups in total. The van der Waals surface area contributed by atoms with E-state index in [-0.39, 0.29) is 11.0 Å². The number of rotatable bonds is 2. The second-order valence-electron chi connectivity index (χ2n) is 6.01. The highest BCUT2D eigenvalue weighted by Crippen LogP contribution is 2.38. The van der Waals surface area contributed by atoms with Gasteiger partial charge in [-0.05, 0) is 27.7 Å². The molecule has 1 fully saturated rings. The predicted molar refractivity (Wildman–Crippen MR) is 72.5 cm³/mol. The third-order valence-electron chi connectivity index (χ3n) is 4.06. The van der Waals surface area contributed by atoms with E-state index < -0.39 is 30.1 Å². The van der Waals surface area contributed by atoms with Crippen molar-refractivity contribution in [3.8, 4) is 0 Å². The summed E-state index contributed by atoms with van der Waals surface area (Å²) in [7, 11) is -1.23. The van der Waals surface area contributed by atoms with Crippen LogP contribution in [0.1, 0.15) is 43.6 Å². The van der Waals surface area contributed by atoms with Gasteiger partial charge in [0.25, 0.3) is 0 Å². The average Bonchev–Trinajstić information content (AvgIpc) is 2.56. The molecule has 0 aliphatic carbocycles. The van der Waals surface area contributed by atoms with Crippen molar-refractivity contribution in [2.24, 2.45) is 0 Å². The molecule has 0 atom stereocenters. The van der Waals surface area contributed by atoms with Crippen molar-refractivity contribution in [3.05, 3.63) is 29.3 Å². The number of hydrogen-bond donors (Lipinski definition) is 0. The van der Waals surface area contributed by atoms with E-state index >= 15 is 0 Å². The fourth-order valence-electron chi connectivity index (χ4n) is 2.16. The Kier molecular flexibility index (Phi) is 3.70. The molecule has 114 valence electrons. The summed E-state index contributed by atoms with van der Waals surface area (Å²) in [4.78, 5) is 11.1. The van der Waals surface area contributed by atoms with Crippen molar-refractivity contribution < 1.29 is 27.3 Å². The Bertz CT molecular complexity index is 551. The Hall–Kier alpha value is -1.34. The minimum atomic E-state index is -4.59. The van der Waals surface area contributed by atoms with Crippen molar-refractivity contribution >= 4 is 18.9 Å². The fraction of sp³-hybridized carbons (Fsp3) is 0.500. The number of halogens is 3. The van der Waals surface area contributed by atoms with Gasteiger partial charge in [0.1, 0.15) is 6.29 Å². The lowest BCUT2D eigenvalue weighted by atomic mass is 9.73. The van der Waals surface area contributed by atoms with E-state index in [1.807, 2.05) is 0 Å². The number of carbonyl (C=O) groups is 1. The van der Waals surface area contributed by atoms with Crippen molar-refractivity contribution in [2.45, 2.75) is 45.1 Å². The molecular weight excluding hydrogens is 284 g/mol. The lowest BCUT2D eigenvalue weighted by Gasteiger charge is -2.32. The topological polar surface area (TPSA) is 35.5 Å². The molecule has 0 saturated carbocycles. The van der Waals surface area contributed by atoms with Crippen LogP contribution >= 0.6 is 0 Å². The molecule has 1 aliphatic heterocycles. The molecule has 0 spiro atoms. The van der Waals surface area contributed by atoms with Gasteiger partial charge < -0.3 is 9.31 Å². The summed E-state index contributed by atoms with van der Waals surface area (Å²) in [5.41, 5.74) is -2.82. The Balaban J connectivity index is 2.57. The molecule has 0 unspecified atom stereocenters. The molecule has 1 aromatic rings. The Morgan fingerprint density at radius 1 is 1.10 bits per heavy atom. The second-order valence-corrected chi connectivity index (χ2v) is 6.01. The second kappa shape index (κ2) is 4.85. The van der Waals surface area contributed by atoms with Crippen LogP contribution in [-0.2, 0) is 15.5 Å². The van der Waals surface area contributed by atoms with E-state index in [1.165, 1.54) is 12.1 Å². The van der Waals surface area contributed by atoms with Crippen LogP contribution in [0.5, 0.6) is 0 Å². The first-order valence-electron chi connectivity index (χ1n) is 6.50. The van der Waals surface area contributed by atoms with Crippen LogP contribution in [0.2, 0.25) is 0 Å². The SMILES string of the molecule is CC1(C)OB(c2c(C=O)cccc2C(F)(F)F)OC1(C)C. The standard InChI is InChI=1S/C14H16BF3O3/c1-12(2)13(3,4)21-15(20-12)11-9(8-19)6-5-7-10(11)14(16,17)18/h5-8H,1-4H3. The highest BCUT2D eigenvalue weighted by atomic mass is 19.4. The molecule has 0 amide bonds. The zero-order valence-corrected chi connectivity index (χ0v) is 12.2. The molecule has 7 heteroatoms. The van der Waals surface area contributed by atoms with E-state index in [1.54, 1.807) is 27.7 Å². The van der Waals surface area contributed by atoms with Crippen LogP contribution in [0.25, 0.3) is 0 Å². The normalized spacial score (nSPS) is 20.6. The molecule has 0 aromatic heterocycles. The number of carbonyl (C=O) groups excluding carboxylic acids is 1. The summed E-state index contributed by atoms with van der Waals surface area (Å²) >= 11 is 0. The van der Waals surface area contributed by atoms with Gasteiger partial charge >= 0.3 is 13.3 Å². The van der Waals surface area contributed by atoms with Gasteiger partial charge in [-0.15, -0.1) is 0 Å². The highest BCUT2D eigenvalue weighted by Gasteiger charge is 2.54. The molecule has 1 heterocycles. The van der Waals surface area contributed by atoms with Crippen molar-refractivity contribution in [3.63, 3.8) is 0 Å². The molecule has 0 bridgehead atoms. The summed E-state index contributed by atoms with van der Waals surface area (Å²) in [5, 5.41) is 0. The number of aldehydes is 1. The van der Waals surface area contributed by atoms with Crippen LogP contribution in [0, 0.1) is 0 Å². The maximum absolute atomic E-state index is 13.2. The average molecular weight is 300 g/mol. The molecule has 1 aromatic carbocycles. The van der Waals surface area contributed by atoms with E-state index in [9.17, 15) is 18.0 Å². The van der Waals surface area contributed by atoms with Gasteiger partial charge in [0.2, 0.25) is 0 Å². The molecular formula is C14H16BF3O3. The maximum Gasteiger partial charge on any atom is 0.496 e. The first kappa shape index (κ1) is 16.0. The minimum absolute atomic E-state index is 0.0803. The fourth-order valence-corrected chi connectivity index (χ4v) is 2.16. The molecule has 0 radical (unpaired) electrons. The summed E-state index contributed by atoms with van der Waals surface area (Å²) < 4.78 is 50.8. The summed E-state index contributed by atoms with van der Waals surface area (Å²) in [6.07, 6.45) is -4.20. The number of alkyl halides is 3. The van der Waals surface area contributed by atoms with E-state index in [0.29, 0.717) is 6.29 Å². The Morgan fingerprint density at radius 3 is 2.05 bits per heavy atom. The van der Waals surface area contributed by atoms with Gasteiger partial charge in [-0.2, -0.15) is 13.2 Å². The molecule has 2 rings (SSSR count). The number of hydrogen-bond acceptors (Lipinski definition) is 3. The first-order chi connectivity index (χ1) is 9.49. The molecule has 3 nitrogen and oxygen atoms in total. The third kappa shape index (κ3) is 2.72. The van der Waals surface area contributed by atoms with Crippen LogP contribution in [-0.4, -0.2) is 24.6 Å². The number of benzene rings is 1. The van der Waals surface area contributed by atoms with Gasteiger partial charge in [0.15, 0.2) is 0 Å². The van der Waals surface area contributed by atoms with Gasteiger partial charge in [-0.1, -0.05) is 18.2 Å². The van der Waals surface area contributed by atoms with Gasteiger partial charge in [0.05, 0.1) is 16.8 Å². The van der Waals surface area contributed by atoms with E-state index in [2.05, 4.69) is 0 Å². The van der Waals surface area contributed by atoms with Crippen molar-refractivity contribution in [1.29, 1.82) is 0 Å². The maximum atomic E-state index is 13.2. The quantitative estimate of drug-likeness (QED) is 0.622. The molecule has 1 saturated heterocycles. The van der Waals surface area contributed by atoms with Crippen LogP contribution in [0.15, 0.2) is 18.2 Å². The highest BCUT2D eigenvalue weighted by molar-refractivity contribution is 6.64. The Morgan fingerprint density at radius 2 is 1.62 bits per heavy atom. The van der Waals surface area contributed by atoms with Gasteiger partial charge in [-0.3, -0.25) is 4.79 Å². The first-order valence-corrected chi connectivity index (χ1v) is 6.50. The van der Waals surface area contributed by atoms with E-state index in [4.69, 9.17) is 9.31 Å². The minimum Gasteiger partial charge on any atom is -0.399 e. The molecule has 21 heavy (non-hydrogen) atoms. The lowest BCUT2D eigenvalue weighted by molar-refractivity contribution is -0.136. The summed E-state index contributed by atoms with van der Waals surface area (Å²) in [6, 6.07) is 3.44. The van der Waals surface area contributed by atoms with Crippen molar-refractivity contribution in [1.82, 2.24) is 0 Å². The summed E-state index contributed by atoms with van der Waals surface area (Å²) in [5.74, 6) is 0. The lowest BCUT2D eigenvalue weighted by Crippen LogP contribution is -2.41. The summed E-state index contributed by atoms with van der Waals surface area (Å²) in [6.45, 7) is 6.96. The van der Waals surface area contributed by atoms with E-state index in [0.717, 1.165) is 6.07 Å². The molecule has 1 aliphatic rings. The van der Waals surface area contributed by atoms with Crippen LogP contribution in [0.4, 0.5) is 13.2 Å². The van der Waals surface area contributed by atoms with Gasteiger partial charge in [0, 0.05) is 11.0 Å². The zero-order chi connectivity index (χ0) is 16.1. The monoisotopic (exact) mass is 300 g/mol. The van der Waals surface area contributed by atoms with Crippen LogP contribution in [0.3, 0.4) is 0 Å². The van der Waals surface area contributed by atoms with Gasteiger partial charge in [-0.25, -0.2) is 0 Å².